The number of benzene rings is 2. The van der Waals surface area contributed by atoms with Crippen LogP contribution in [0, 0.1) is 0 Å². The van der Waals surface area contributed by atoms with E-state index in [1.807, 2.05) is 48.8 Å². The Morgan fingerprint density at radius 1 is 0.971 bits per heavy atom. The van der Waals surface area contributed by atoms with Gasteiger partial charge in [-0.2, -0.15) is 0 Å². The number of nitrogens with zero attached hydrogens (tertiary/aromatic N) is 3. The number of nitrogens with one attached hydrogen (secondary N) is 1. The Kier molecular flexibility index (Phi) is 6.34. The van der Waals surface area contributed by atoms with Gasteiger partial charge in [-0.15, -0.1) is 0 Å². The van der Waals surface area contributed by atoms with Gasteiger partial charge in [-0.1, -0.05) is 55.2 Å². The average molecular weight is 507 g/mol. The van der Waals surface area contributed by atoms with Gasteiger partial charge in [0.15, 0.2) is 5.11 Å². The minimum atomic E-state index is -0.144. The van der Waals surface area contributed by atoms with Crippen LogP contribution in [0.5, 0.6) is 0 Å². The zero-order valence-electron chi connectivity index (χ0n) is 18.8. The molecule has 7 heteroatoms. The number of thiocarbonyl (C=S) groups is 1. The molecule has 1 aliphatic heterocycles. The van der Waals surface area contributed by atoms with Gasteiger partial charge in [0.2, 0.25) is 0 Å². The largest absolute Gasteiger partial charge is 0.351 e. The van der Waals surface area contributed by atoms with Crippen molar-refractivity contribution in [1.82, 2.24) is 14.9 Å². The van der Waals surface area contributed by atoms with Crippen molar-refractivity contribution in [3.63, 3.8) is 0 Å². The molecule has 1 aliphatic rings. The maximum absolute atomic E-state index is 6.61. The molecule has 5 rings (SSSR count). The van der Waals surface area contributed by atoms with E-state index < -0.39 is 0 Å². The van der Waals surface area contributed by atoms with Gasteiger partial charge in [0.25, 0.3) is 0 Å². The Bertz CT molecular complexity index is 1320. The third-order valence-corrected chi connectivity index (χ3v) is 7.04. The molecule has 0 spiro atoms. The van der Waals surface area contributed by atoms with Crippen molar-refractivity contribution in [2.75, 3.05) is 4.90 Å². The molecule has 1 saturated heterocycles. The number of hydrogen-bond donors (Lipinski definition) is 1. The summed E-state index contributed by atoms with van der Waals surface area (Å²) in [6, 6.07) is 24.0. The topological polar surface area (TPSA) is 33.1 Å². The lowest BCUT2D eigenvalue weighted by Crippen LogP contribution is -2.30. The van der Waals surface area contributed by atoms with Crippen LogP contribution in [0.25, 0.3) is 5.69 Å². The highest BCUT2D eigenvalue weighted by Crippen LogP contribution is 2.43. The molecule has 34 heavy (non-hydrogen) atoms. The molecule has 2 aromatic carbocycles. The van der Waals surface area contributed by atoms with Crippen LogP contribution in [0.15, 0.2) is 85.2 Å². The van der Waals surface area contributed by atoms with E-state index in [1.54, 1.807) is 6.07 Å². The molecule has 0 amide bonds. The van der Waals surface area contributed by atoms with Gasteiger partial charge >= 0.3 is 0 Å². The molecule has 4 nitrogen and oxygen atoms in total. The van der Waals surface area contributed by atoms with Gasteiger partial charge < -0.3 is 14.8 Å². The fourth-order valence-electron chi connectivity index (χ4n) is 4.48. The van der Waals surface area contributed by atoms with Crippen molar-refractivity contribution >= 4 is 46.2 Å². The third kappa shape index (κ3) is 4.20. The number of aromatic nitrogens is 2. The molecule has 0 radical (unpaired) electrons. The van der Waals surface area contributed by atoms with Gasteiger partial charge in [-0.25, -0.2) is 0 Å². The molecule has 172 valence electrons. The van der Waals surface area contributed by atoms with E-state index in [4.69, 9.17) is 35.4 Å². The maximum atomic E-state index is 6.61. The van der Waals surface area contributed by atoms with Crippen molar-refractivity contribution in [2.45, 2.75) is 31.8 Å². The van der Waals surface area contributed by atoms with E-state index in [-0.39, 0.29) is 12.1 Å². The lowest BCUT2D eigenvalue weighted by Gasteiger charge is -2.29. The molecule has 0 unspecified atom stereocenters. The second-order valence-corrected chi connectivity index (χ2v) is 9.87. The molecule has 0 aliphatic carbocycles. The van der Waals surface area contributed by atoms with Crippen LogP contribution in [0.2, 0.25) is 10.0 Å². The first-order valence-electron chi connectivity index (χ1n) is 11.2. The Morgan fingerprint density at radius 3 is 2.44 bits per heavy atom. The Balaban J connectivity index is 1.65. The molecule has 3 heterocycles. The summed E-state index contributed by atoms with van der Waals surface area (Å²) in [5.74, 6) is 0.457. The van der Waals surface area contributed by atoms with E-state index in [2.05, 4.69) is 63.9 Å². The highest BCUT2D eigenvalue weighted by Gasteiger charge is 2.42. The summed E-state index contributed by atoms with van der Waals surface area (Å²) >= 11 is 18.6. The van der Waals surface area contributed by atoms with E-state index in [1.165, 1.54) is 5.56 Å². The van der Waals surface area contributed by atoms with Gasteiger partial charge in [0.1, 0.15) is 6.04 Å². The predicted octanol–water partition coefficient (Wildman–Crippen LogP) is 7.48. The molecule has 1 fully saturated rings. The minimum Gasteiger partial charge on any atom is -0.351 e. The van der Waals surface area contributed by atoms with Crippen LogP contribution in [0.1, 0.15) is 48.8 Å². The maximum Gasteiger partial charge on any atom is 0.174 e. The Labute approximate surface area is 215 Å². The lowest BCUT2D eigenvalue weighted by molar-refractivity contribution is 0.549. The van der Waals surface area contributed by atoms with Gasteiger partial charge in [0, 0.05) is 28.8 Å². The summed E-state index contributed by atoms with van der Waals surface area (Å²) in [7, 11) is 0. The molecule has 4 aromatic rings. The Morgan fingerprint density at radius 2 is 1.76 bits per heavy atom. The highest BCUT2D eigenvalue weighted by atomic mass is 35.5. The van der Waals surface area contributed by atoms with E-state index in [9.17, 15) is 0 Å². The summed E-state index contributed by atoms with van der Waals surface area (Å²) in [5, 5.41) is 5.37. The van der Waals surface area contributed by atoms with Crippen molar-refractivity contribution in [3.8, 4) is 5.69 Å². The second kappa shape index (κ2) is 9.41. The van der Waals surface area contributed by atoms with Gasteiger partial charge in [0.05, 0.1) is 22.4 Å². The molecule has 0 bridgehead atoms. The van der Waals surface area contributed by atoms with Crippen LogP contribution in [0.4, 0.5) is 5.69 Å². The second-order valence-electron chi connectivity index (χ2n) is 8.64. The van der Waals surface area contributed by atoms with Crippen molar-refractivity contribution in [3.05, 3.63) is 112 Å². The number of halogens is 2. The van der Waals surface area contributed by atoms with Crippen LogP contribution < -0.4 is 10.2 Å². The summed E-state index contributed by atoms with van der Waals surface area (Å²) in [6.45, 7) is 4.39. The first-order chi connectivity index (χ1) is 16.4. The summed E-state index contributed by atoms with van der Waals surface area (Å²) in [5.41, 5.74) is 5.14. The normalized spacial score (nSPS) is 17.9. The highest BCUT2D eigenvalue weighted by molar-refractivity contribution is 7.80. The zero-order chi connectivity index (χ0) is 23.8. The monoisotopic (exact) mass is 506 g/mol. The number of hydrogen-bond acceptors (Lipinski definition) is 2. The standard InChI is InChI=1S/C27H24Cl2N4S/c1-17(2)18-8-11-20(12-9-18)33-26(25(31-27(33)34)22-6-3-4-14-30-22)24-7-5-15-32(24)23-13-10-19(28)16-21(23)29/h3-17,25-26H,1-2H3,(H,31,34)/t25-,26-/m0/s1. The third-order valence-electron chi connectivity index (χ3n) is 6.19. The van der Waals surface area contributed by atoms with Gasteiger partial charge in [-0.3, -0.25) is 4.98 Å². The van der Waals surface area contributed by atoms with E-state index in [0.29, 0.717) is 21.1 Å². The first-order valence-corrected chi connectivity index (χ1v) is 12.3. The number of anilines is 1. The number of pyridine rings is 1. The smallest absolute Gasteiger partial charge is 0.174 e. The first kappa shape index (κ1) is 22.9. The van der Waals surface area contributed by atoms with Gasteiger partial charge in [-0.05, 0) is 78.3 Å². The molecular weight excluding hydrogens is 483 g/mol. The molecule has 2 atom stereocenters. The van der Waals surface area contributed by atoms with E-state index in [0.717, 1.165) is 22.8 Å². The summed E-state index contributed by atoms with van der Waals surface area (Å²) < 4.78 is 2.10. The van der Waals surface area contributed by atoms with E-state index >= 15 is 0 Å². The minimum absolute atomic E-state index is 0.141. The lowest BCUT2D eigenvalue weighted by atomic mass is 9.99. The predicted molar refractivity (Wildman–Crippen MR) is 144 cm³/mol. The van der Waals surface area contributed by atoms with Crippen LogP contribution in [-0.2, 0) is 0 Å². The fourth-order valence-corrected chi connectivity index (χ4v) is 5.33. The van der Waals surface area contributed by atoms with Crippen LogP contribution >= 0.6 is 35.4 Å². The SMILES string of the molecule is CC(C)c1ccc(N2C(=S)N[C@@H](c3ccccn3)[C@@H]2c2cccn2-c2ccc(Cl)cc2Cl)cc1. The number of rotatable bonds is 5. The van der Waals surface area contributed by atoms with Crippen molar-refractivity contribution in [1.29, 1.82) is 0 Å². The van der Waals surface area contributed by atoms with Crippen LogP contribution in [-0.4, -0.2) is 14.7 Å². The van der Waals surface area contributed by atoms with Crippen LogP contribution in [0.3, 0.4) is 0 Å². The molecule has 2 aromatic heterocycles. The quantitative estimate of drug-likeness (QED) is 0.284. The summed E-state index contributed by atoms with van der Waals surface area (Å²) in [4.78, 5) is 6.83. The fraction of sp³-hybridized carbons (Fsp3) is 0.185. The molecule has 1 N–H and O–H groups in total. The van der Waals surface area contributed by atoms with Crippen molar-refractivity contribution in [2.24, 2.45) is 0 Å². The average Bonchev–Trinajstić information content (AvgIpc) is 3.44. The zero-order valence-corrected chi connectivity index (χ0v) is 21.1. The Hall–Kier alpha value is -2.86. The summed E-state index contributed by atoms with van der Waals surface area (Å²) in [6.07, 6.45) is 3.83. The molecular formula is C27H24Cl2N4S. The van der Waals surface area contributed by atoms with Crippen molar-refractivity contribution < 1.29 is 0 Å². The molecule has 0 saturated carbocycles.